The van der Waals surface area contributed by atoms with Gasteiger partial charge >= 0.3 is 0 Å². The van der Waals surface area contributed by atoms with Gasteiger partial charge in [0.05, 0.1) is 12.7 Å². The van der Waals surface area contributed by atoms with E-state index >= 15 is 0 Å². The second kappa shape index (κ2) is 3.18. The molecule has 0 aromatic heterocycles. The molecule has 1 heterocycles. The molecule has 2 nitrogen and oxygen atoms in total. The molecule has 1 rings (SSSR count). The molecule has 9 heavy (non-hydrogen) atoms. The van der Waals surface area contributed by atoms with E-state index in [0.29, 0.717) is 6.10 Å². The molecule has 0 aliphatic carbocycles. The van der Waals surface area contributed by atoms with E-state index in [9.17, 15) is 0 Å². The van der Waals surface area contributed by atoms with Gasteiger partial charge < -0.3 is 9.47 Å². The van der Waals surface area contributed by atoms with Crippen molar-refractivity contribution >= 4 is 0 Å². The second-order valence-corrected chi connectivity index (χ2v) is 2.50. The summed E-state index contributed by atoms with van der Waals surface area (Å²) in [6.07, 6.45) is 2.56. The van der Waals surface area contributed by atoms with Gasteiger partial charge in [-0.25, -0.2) is 0 Å². The first kappa shape index (κ1) is 7.03. The van der Waals surface area contributed by atoms with Gasteiger partial charge in [-0.1, -0.05) is 13.3 Å². The molecule has 2 atom stereocenters. The van der Waals surface area contributed by atoms with E-state index in [1.54, 1.807) is 0 Å². The van der Waals surface area contributed by atoms with E-state index in [2.05, 4.69) is 6.92 Å². The van der Waals surface area contributed by atoms with Gasteiger partial charge in [0.2, 0.25) is 0 Å². The monoisotopic (exact) mass is 130 g/mol. The Hall–Kier alpha value is -0.0800. The van der Waals surface area contributed by atoms with E-state index < -0.39 is 0 Å². The van der Waals surface area contributed by atoms with Gasteiger partial charge in [0.15, 0.2) is 6.29 Å². The first-order chi connectivity index (χ1) is 4.33. The normalized spacial score (nSPS) is 35.3. The molecule has 2 heteroatoms. The zero-order chi connectivity index (χ0) is 6.69. The number of rotatable bonds is 2. The molecule has 0 bridgehead atoms. The van der Waals surface area contributed by atoms with Crippen LogP contribution in [-0.4, -0.2) is 19.0 Å². The average Bonchev–Trinajstić information content (AvgIpc) is 2.17. The van der Waals surface area contributed by atoms with Crippen molar-refractivity contribution in [3.8, 4) is 0 Å². The van der Waals surface area contributed by atoms with Crippen molar-refractivity contribution in [2.24, 2.45) is 0 Å². The van der Waals surface area contributed by atoms with Gasteiger partial charge in [-0.3, -0.25) is 0 Å². The lowest BCUT2D eigenvalue weighted by Crippen LogP contribution is -2.08. The smallest absolute Gasteiger partial charge is 0.158 e. The minimum Gasteiger partial charge on any atom is -0.350 e. The van der Waals surface area contributed by atoms with Crippen molar-refractivity contribution in [2.45, 2.75) is 39.1 Å². The molecule has 0 amide bonds. The summed E-state index contributed by atoms with van der Waals surface area (Å²) in [5.41, 5.74) is 0. The van der Waals surface area contributed by atoms with E-state index in [4.69, 9.17) is 9.47 Å². The van der Waals surface area contributed by atoms with Crippen LogP contribution in [0.2, 0.25) is 0 Å². The number of hydrogen-bond donors (Lipinski definition) is 0. The minimum absolute atomic E-state index is 0.0880. The maximum atomic E-state index is 5.38. The van der Waals surface area contributed by atoms with Crippen LogP contribution in [-0.2, 0) is 9.47 Å². The van der Waals surface area contributed by atoms with Crippen LogP contribution in [0.1, 0.15) is 26.7 Å². The van der Waals surface area contributed by atoms with Crippen LogP contribution in [0, 0.1) is 0 Å². The lowest BCUT2D eigenvalue weighted by Gasteiger charge is -2.06. The Kier molecular flexibility index (Phi) is 2.49. The summed E-state index contributed by atoms with van der Waals surface area (Å²) in [7, 11) is 0. The van der Waals surface area contributed by atoms with Gasteiger partial charge in [-0.15, -0.1) is 0 Å². The maximum absolute atomic E-state index is 5.38. The van der Waals surface area contributed by atoms with Crippen molar-refractivity contribution in [1.29, 1.82) is 0 Å². The summed E-state index contributed by atoms with van der Waals surface area (Å²) in [6.45, 7) is 4.94. The van der Waals surface area contributed by atoms with Gasteiger partial charge in [0.1, 0.15) is 0 Å². The molecule has 1 aliphatic rings. The Morgan fingerprint density at radius 3 is 2.78 bits per heavy atom. The molecule has 1 saturated heterocycles. The summed E-state index contributed by atoms with van der Waals surface area (Å²) in [4.78, 5) is 0. The molecule has 0 aromatic rings. The van der Waals surface area contributed by atoms with Crippen molar-refractivity contribution in [1.82, 2.24) is 0 Å². The first-order valence-electron chi connectivity index (χ1n) is 3.60. The van der Waals surface area contributed by atoms with E-state index in [1.165, 1.54) is 0 Å². The number of hydrogen-bond acceptors (Lipinski definition) is 2. The van der Waals surface area contributed by atoms with Gasteiger partial charge in [0.25, 0.3) is 0 Å². The Labute approximate surface area is 56.2 Å². The first-order valence-corrected chi connectivity index (χ1v) is 3.60. The Morgan fingerprint density at radius 2 is 2.33 bits per heavy atom. The molecule has 0 spiro atoms. The highest BCUT2D eigenvalue weighted by Crippen LogP contribution is 2.14. The van der Waals surface area contributed by atoms with Crippen molar-refractivity contribution < 1.29 is 9.47 Å². The highest BCUT2D eigenvalue weighted by molar-refractivity contribution is 4.58. The Balaban J connectivity index is 2.14. The molecule has 2 unspecified atom stereocenters. The van der Waals surface area contributed by atoms with Crippen LogP contribution in [0.4, 0.5) is 0 Å². The summed E-state index contributed by atoms with van der Waals surface area (Å²) < 4.78 is 10.7. The highest BCUT2D eigenvalue weighted by atomic mass is 16.7. The molecule has 1 aliphatic heterocycles. The molecule has 0 aromatic carbocycles. The molecule has 0 saturated carbocycles. The summed E-state index contributed by atoms with van der Waals surface area (Å²) in [6, 6.07) is 0. The summed E-state index contributed by atoms with van der Waals surface area (Å²) in [5.74, 6) is 0. The fourth-order valence-electron chi connectivity index (χ4n) is 0.968. The quantitative estimate of drug-likeness (QED) is 0.564. The third-order valence-corrected chi connectivity index (χ3v) is 1.43. The van der Waals surface area contributed by atoms with Crippen LogP contribution in [0.3, 0.4) is 0 Å². The standard InChI is InChI=1S/C7H14O2/c1-3-4-7-8-5-6(2)9-7/h6-7H,3-5H2,1-2H3. The predicted molar refractivity (Wildman–Crippen MR) is 35.2 cm³/mol. The molecule has 0 N–H and O–H groups in total. The topological polar surface area (TPSA) is 18.5 Å². The van der Waals surface area contributed by atoms with E-state index in [0.717, 1.165) is 19.4 Å². The van der Waals surface area contributed by atoms with Gasteiger partial charge in [-0.2, -0.15) is 0 Å². The molecule has 54 valence electrons. The lowest BCUT2D eigenvalue weighted by molar-refractivity contribution is -0.0593. The number of ether oxygens (including phenoxy) is 2. The van der Waals surface area contributed by atoms with Crippen LogP contribution in [0.5, 0.6) is 0 Å². The van der Waals surface area contributed by atoms with Crippen molar-refractivity contribution in [3.05, 3.63) is 0 Å². The van der Waals surface area contributed by atoms with Crippen LogP contribution >= 0.6 is 0 Å². The van der Waals surface area contributed by atoms with Crippen LogP contribution < -0.4 is 0 Å². The largest absolute Gasteiger partial charge is 0.350 e. The molecule has 1 fully saturated rings. The Bertz CT molecular complexity index is 81.0. The Morgan fingerprint density at radius 1 is 1.56 bits per heavy atom. The van der Waals surface area contributed by atoms with E-state index in [-0.39, 0.29) is 6.29 Å². The lowest BCUT2D eigenvalue weighted by atomic mass is 10.3. The maximum Gasteiger partial charge on any atom is 0.158 e. The third-order valence-electron chi connectivity index (χ3n) is 1.43. The van der Waals surface area contributed by atoms with Crippen LogP contribution in [0.25, 0.3) is 0 Å². The second-order valence-electron chi connectivity index (χ2n) is 2.50. The fraction of sp³-hybridized carbons (Fsp3) is 1.00. The van der Waals surface area contributed by atoms with Gasteiger partial charge in [0, 0.05) is 0 Å². The zero-order valence-electron chi connectivity index (χ0n) is 6.09. The SMILES string of the molecule is CCCC1OCC(C)O1. The van der Waals surface area contributed by atoms with Gasteiger partial charge in [-0.05, 0) is 13.3 Å². The third kappa shape index (κ3) is 1.95. The summed E-state index contributed by atoms with van der Waals surface area (Å²) in [5, 5.41) is 0. The highest BCUT2D eigenvalue weighted by Gasteiger charge is 2.20. The molecular formula is C7H14O2. The zero-order valence-corrected chi connectivity index (χ0v) is 6.09. The fourth-order valence-corrected chi connectivity index (χ4v) is 0.968. The van der Waals surface area contributed by atoms with Crippen molar-refractivity contribution in [2.75, 3.05) is 6.61 Å². The summed E-state index contributed by atoms with van der Waals surface area (Å²) >= 11 is 0. The predicted octanol–water partition coefficient (Wildman–Crippen LogP) is 1.55. The minimum atomic E-state index is 0.0880. The van der Waals surface area contributed by atoms with Crippen LogP contribution in [0.15, 0.2) is 0 Å². The average molecular weight is 130 g/mol. The molecular weight excluding hydrogens is 116 g/mol. The van der Waals surface area contributed by atoms with Crippen molar-refractivity contribution in [3.63, 3.8) is 0 Å². The van der Waals surface area contributed by atoms with E-state index in [1.807, 2.05) is 6.92 Å². The molecule has 0 radical (unpaired) electrons.